The van der Waals surface area contributed by atoms with Gasteiger partial charge in [-0.3, -0.25) is 4.79 Å². The van der Waals surface area contributed by atoms with Gasteiger partial charge >= 0.3 is 0 Å². The largest absolute Gasteiger partial charge is 0.331 e. The third kappa shape index (κ3) is 5.61. The van der Waals surface area contributed by atoms with E-state index in [4.69, 9.17) is 11.6 Å². The molecule has 1 unspecified atom stereocenters. The van der Waals surface area contributed by atoms with Gasteiger partial charge in [-0.05, 0) is 69.5 Å². The molecular formula is C23H21Br2ClN2O3S. The van der Waals surface area contributed by atoms with E-state index in [9.17, 15) is 13.2 Å². The lowest BCUT2D eigenvalue weighted by Crippen LogP contribution is -2.32. The summed E-state index contributed by atoms with van der Waals surface area (Å²) in [7, 11) is -2.01. The van der Waals surface area contributed by atoms with Gasteiger partial charge in [0.15, 0.2) is 0 Å². The summed E-state index contributed by atoms with van der Waals surface area (Å²) in [5.41, 5.74) is 2.03. The molecule has 0 fully saturated rings. The van der Waals surface area contributed by atoms with Gasteiger partial charge in [0.05, 0.1) is 16.5 Å². The second-order valence-corrected chi connectivity index (χ2v) is 11.0. The van der Waals surface area contributed by atoms with Crippen molar-refractivity contribution in [2.75, 3.05) is 13.6 Å². The van der Waals surface area contributed by atoms with Crippen molar-refractivity contribution in [3.8, 4) is 0 Å². The predicted octanol–water partition coefficient (Wildman–Crippen LogP) is 6.02. The van der Waals surface area contributed by atoms with E-state index < -0.39 is 16.1 Å². The molecule has 0 radical (unpaired) electrons. The van der Waals surface area contributed by atoms with Crippen LogP contribution in [0.2, 0.25) is 5.02 Å². The first kappa shape index (κ1) is 24.9. The number of halogens is 3. The zero-order chi connectivity index (χ0) is 23.5. The van der Waals surface area contributed by atoms with Gasteiger partial charge in [-0.2, -0.15) is 0 Å². The fourth-order valence-corrected chi connectivity index (χ4v) is 5.22. The van der Waals surface area contributed by atoms with Crippen molar-refractivity contribution in [3.63, 3.8) is 0 Å². The van der Waals surface area contributed by atoms with E-state index in [0.29, 0.717) is 9.50 Å². The highest BCUT2D eigenvalue weighted by molar-refractivity contribution is 9.10. The molecule has 168 valence electrons. The Morgan fingerprint density at radius 2 is 1.56 bits per heavy atom. The highest BCUT2D eigenvalue weighted by Crippen LogP contribution is 2.32. The number of sulfonamides is 1. The van der Waals surface area contributed by atoms with Crippen LogP contribution in [0.5, 0.6) is 0 Å². The van der Waals surface area contributed by atoms with Crippen molar-refractivity contribution < 1.29 is 13.2 Å². The van der Waals surface area contributed by atoms with E-state index in [1.807, 2.05) is 36.4 Å². The van der Waals surface area contributed by atoms with Gasteiger partial charge in [-0.15, -0.1) is 0 Å². The van der Waals surface area contributed by atoms with Gasteiger partial charge in [0.1, 0.15) is 0 Å². The monoisotopic (exact) mass is 598 g/mol. The molecule has 0 aliphatic heterocycles. The molecule has 1 N–H and O–H groups in total. The van der Waals surface area contributed by atoms with E-state index in [1.165, 1.54) is 12.1 Å². The summed E-state index contributed by atoms with van der Waals surface area (Å²) in [5, 5.41) is 0.598. The molecule has 3 rings (SSSR count). The molecule has 0 saturated heterocycles. The van der Waals surface area contributed by atoms with E-state index in [0.717, 1.165) is 15.6 Å². The maximum absolute atomic E-state index is 13.6. The number of nitrogens with zero attached hydrogens (tertiary/aromatic N) is 1. The lowest BCUT2D eigenvalue weighted by molar-refractivity contribution is 0.0754. The molecule has 32 heavy (non-hydrogen) atoms. The van der Waals surface area contributed by atoms with E-state index in [1.54, 1.807) is 37.1 Å². The fourth-order valence-electron chi connectivity index (χ4n) is 3.35. The summed E-state index contributed by atoms with van der Waals surface area (Å²) in [6, 6.07) is 19.0. The Labute approximate surface area is 210 Å². The summed E-state index contributed by atoms with van der Waals surface area (Å²) in [6.45, 7) is 1.95. The number of rotatable bonds is 7. The van der Waals surface area contributed by atoms with Crippen molar-refractivity contribution in [1.29, 1.82) is 0 Å². The second kappa shape index (κ2) is 10.5. The smallest absolute Gasteiger partial charge is 0.255 e. The van der Waals surface area contributed by atoms with Crippen LogP contribution < -0.4 is 4.72 Å². The van der Waals surface area contributed by atoms with Gasteiger partial charge < -0.3 is 4.90 Å². The Balaban J connectivity index is 2.06. The number of hydrogen-bond acceptors (Lipinski definition) is 3. The summed E-state index contributed by atoms with van der Waals surface area (Å²) in [4.78, 5) is 15.2. The van der Waals surface area contributed by atoms with Crippen LogP contribution in [0.15, 0.2) is 80.6 Å². The SMILES string of the molecule is CCNS(=O)(=O)c1ccc(Br)c(C(=O)N(C)C(c2ccc(Cl)cc2)c2ccc(Br)cc2)c1. The Morgan fingerprint density at radius 3 is 2.12 bits per heavy atom. The molecule has 3 aromatic rings. The highest BCUT2D eigenvalue weighted by Gasteiger charge is 2.27. The average Bonchev–Trinajstić information content (AvgIpc) is 2.76. The van der Waals surface area contributed by atoms with Gasteiger partial charge in [0.2, 0.25) is 10.0 Å². The molecule has 0 aliphatic rings. The third-order valence-electron chi connectivity index (χ3n) is 4.89. The van der Waals surface area contributed by atoms with E-state index >= 15 is 0 Å². The summed E-state index contributed by atoms with van der Waals surface area (Å²) in [6.07, 6.45) is 0. The van der Waals surface area contributed by atoms with Gasteiger partial charge in [0, 0.05) is 27.6 Å². The average molecular weight is 601 g/mol. The van der Waals surface area contributed by atoms with Gasteiger partial charge in [-0.1, -0.05) is 58.7 Å². The Bertz CT molecular complexity index is 1170. The molecule has 9 heteroatoms. The second-order valence-electron chi connectivity index (χ2n) is 7.06. The summed E-state index contributed by atoms with van der Waals surface area (Å²) in [5.74, 6) is -0.326. The minimum atomic E-state index is -3.70. The Hall–Kier alpha value is -1.71. The van der Waals surface area contributed by atoms with Crippen molar-refractivity contribution in [2.24, 2.45) is 0 Å². The van der Waals surface area contributed by atoms with Crippen LogP contribution in [-0.2, 0) is 10.0 Å². The zero-order valence-electron chi connectivity index (χ0n) is 17.3. The van der Waals surface area contributed by atoms with Crippen LogP contribution >= 0.6 is 43.5 Å². The van der Waals surface area contributed by atoms with Crippen molar-refractivity contribution in [1.82, 2.24) is 9.62 Å². The molecular weight excluding hydrogens is 580 g/mol. The van der Waals surface area contributed by atoms with Gasteiger partial charge in [0.25, 0.3) is 5.91 Å². The topological polar surface area (TPSA) is 66.5 Å². The minimum absolute atomic E-state index is 0.0333. The molecule has 1 atom stereocenters. The molecule has 5 nitrogen and oxygen atoms in total. The van der Waals surface area contributed by atoms with Crippen LogP contribution in [0.1, 0.15) is 34.5 Å². The maximum Gasteiger partial charge on any atom is 0.255 e. The number of carbonyl (C=O) groups excluding carboxylic acids is 1. The Kier molecular flexibility index (Phi) is 8.16. The lowest BCUT2D eigenvalue weighted by Gasteiger charge is -2.30. The standard InChI is InChI=1S/C23H21Br2ClN2O3S/c1-3-27-32(30,31)19-12-13-21(25)20(14-19)23(29)28(2)22(15-4-8-17(24)9-5-15)16-6-10-18(26)11-7-16/h4-14,22,27H,3H2,1-2H3. The first-order valence-electron chi connectivity index (χ1n) is 9.71. The molecule has 0 aromatic heterocycles. The first-order valence-corrected chi connectivity index (χ1v) is 13.2. The lowest BCUT2D eigenvalue weighted by atomic mass is 9.97. The molecule has 0 spiro atoms. The van der Waals surface area contributed by atoms with Crippen molar-refractivity contribution >= 4 is 59.4 Å². The van der Waals surface area contributed by atoms with E-state index in [-0.39, 0.29) is 22.9 Å². The fraction of sp³-hybridized carbons (Fsp3) is 0.174. The molecule has 0 heterocycles. The van der Waals surface area contributed by atoms with Crippen LogP contribution in [0, 0.1) is 0 Å². The molecule has 0 saturated carbocycles. The zero-order valence-corrected chi connectivity index (χ0v) is 22.1. The molecule has 0 bridgehead atoms. The normalized spacial score (nSPS) is 12.4. The van der Waals surface area contributed by atoms with Crippen LogP contribution in [0.4, 0.5) is 0 Å². The van der Waals surface area contributed by atoms with Crippen LogP contribution in [0.3, 0.4) is 0 Å². The minimum Gasteiger partial charge on any atom is -0.331 e. The quantitative estimate of drug-likeness (QED) is 0.361. The summed E-state index contributed by atoms with van der Waals surface area (Å²) >= 11 is 12.9. The van der Waals surface area contributed by atoms with Crippen molar-refractivity contribution in [2.45, 2.75) is 17.9 Å². The molecule has 3 aromatic carbocycles. The number of nitrogens with one attached hydrogen (secondary N) is 1. The van der Waals surface area contributed by atoms with Crippen LogP contribution in [-0.4, -0.2) is 32.8 Å². The third-order valence-corrected chi connectivity index (χ3v) is 7.91. The van der Waals surface area contributed by atoms with Crippen molar-refractivity contribution in [3.05, 3.63) is 97.4 Å². The number of hydrogen-bond donors (Lipinski definition) is 1. The highest BCUT2D eigenvalue weighted by atomic mass is 79.9. The molecule has 0 aliphatic carbocycles. The Morgan fingerprint density at radius 1 is 1.00 bits per heavy atom. The molecule has 1 amide bonds. The first-order chi connectivity index (χ1) is 15.1. The van der Waals surface area contributed by atoms with E-state index in [2.05, 4.69) is 36.6 Å². The van der Waals surface area contributed by atoms with Crippen LogP contribution in [0.25, 0.3) is 0 Å². The number of benzene rings is 3. The summed E-state index contributed by atoms with van der Waals surface area (Å²) < 4.78 is 28.8. The maximum atomic E-state index is 13.6. The number of amides is 1. The predicted molar refractivity (Wildman–Crippen MR) is 135 cm³/mol. The van der Waals surface area contributed by atoms with Gasteiger partial charge in [-0.25, -0.2) is 13.1 Å². The number of carbonyl (C=O) groups is 1.